The van der Waals surface area contributed by atoms with Gasteiger partial charge in [0.2, 0.25) is 0 Å². The fraction of sp³-hybridized carbons (Fsp3) is 0.611. The monoisotopic (exact) mass is 360 g/mol. The SMILES string of the molecule is CC(CCNC(C)c1ccc(C(F)(F)F)cc1)NC(=O)OC(C)(C)C. The molecule has 0 radical (unpaired) electrons. The molecule has 0 bridgehead atoms. The van der Waals surface area contributed by atoms with Gasteiger partial charge in [0.15, 0.2) is 0 Å². The molecule has 0 spiro atoms. The highest BCUT2D eigenvalue weighted by Crippen LogP contribution is 2.29. The van der Waals surface area contributed by atoms with E-state index in [1.807, 2.05) is 13.8 Å². The number of halogens is 3. The van der Waals surface area contributed by atoms with E-state index in [1.54, 1.807) is 20.8 Å². The molecule has 0 saturated heterocycles. The average molecular weight is 360 g/mol. The van der Waals surface area contributed by atoms with E-state index in [-0.39, 0.29) is 12.1 Å². The molecule has 4 nitrogen and oxygen atoms in total. The third-order valence-electron chi connectivity index (χ3n) is 3.53. The lowest BCUT2D eigenvalue weighted by molar-refractivity contribution is -0.137. The molecule has 0 aliphatic rings. The normalized spacial score (nSPS) is 14.7. The summed E-state index contributed by atoms with van der Waals surface area (Å²) in [6.45, 7) is 9.75. The summed E-state index contributed by atoms with van der Waals surface area (Å²) in [6.07, 6.45) is -4.11. The van der Waals surface area contributed by atoms with Crippen molar-refractivity contribution in [3.63, 3.8) is 0 Å². The zero-order valence-corrected chi connectivity index (χ0v) is 15.3. The third-order valence-corrected chi connectivity index (χ3v) is 3.53. The van der Waals surface area contributed by atoms with Crippen LogP contribution in [0.4, 0.5) is 18.0 Å². The summed E-state index contributed by atoms with van der Waals surface area (Å²) >= 11 is 0. The molecule has 2 unspecified atom stereocenters. The number of carbonyl (C=O) groups excluding carboxylic acids is 1. The van der Waals surface area contributed by atoms with Gasteiger partial charge in [-0.3, -0.25) is 0 Å². The topological polar surface area (TPSA) is 50.4 Å². The highest BCUT2D eigenvalue weighted by molar-refractivity contribution is 5.67. The molecule has 2 N–H and O–H groups in total. The van der Waals surface area contributed by atoms with Crippen molar-refractivity contribution in [2.45, 2.75) is 64.9 Å². The summed E-state index contributed by atoms with van der Waals surface area (Å²) in [4.78, 5) is 11.7. The van der Waals surface area contributed by atoms with Gasteiger partial charge < -0.3 is 15.4 Å². The smallest absolute Gasteiger partial charge is 0.416 e. The van der Waals surface area contributed by atoms with Crippen LogP contribution < -0.4 is 10.6 Å². The molecule has 142 valence electrons. The molecule has 1 amide bonds. The first-order valence-electron chi connectivity index (χ1n) is 8.28. The molecule has 1 rings (SSSR count). The largest absolute Gasteiger partial charge is 0.444 e. The van der Waals surface area contributed by atoms with Gasteiger partial charge in [-0.1, -0.05) is 12.1 Å². The number of hydrogen-bond donors (Lipinski definition) is 2. The lowest BCUT2D eigenvalue weighted by Gasteiger charge is -2.22. The van der Waals surface area contributed by atoms with Crippen LogP contribution in [0.15, 0.2) is 24.3 Å². The van der Waals surface area contributed by atoms with Gasteiger partial charge in [0.05, 0.1) is 5.56 Å². The predicted molar refractivity (Wildman–Crippen MR) is 91.3 cm³/mol. The van der Waals surface area contributed by atoms with Gasteiger partial charge in [-0.15, -0.1) is 0 Å². The Morgan fingerprint density at radius 3 is 2.16 bits per heavy atom. The van der Waals surface area contributed by atoms with Crippen LogP contribution >= 0.6 is 0 Å². The Hall–Kier alpha value is -1.76. The maximum Gasteiger partial charge on any atom is 0.416 e. The van der Waals surface area contributed by atoms with Gasteiger partial charge in [-0.25, -0.2) is 4.79 Å². The first-order valence-corrected chi connectivity index (χ1v) is 8.28. The molecule has 0 fully saturated rings. The fourth-order valence-corrected chi connectivity index (χ4v) is 2.18. The lowest BCUT2D eigenvalue weighted by atomic mass is 10.1. The van der Waals surface area contributed by atoms with Crippen molar-refractivity contribution < 1.29 is 22.7 Å². The second-order valence-corrected chi connectivity index (χ2v) is 7.13. The van der Waals surface area contributed by atoms with Gasteiger partial charge in [-0.05, 0) is 65.3 Å². The quantitative estimate of drug-likeness (QED) is 0.776. The van der Waals surface area contributed by atoms with E-state index in [9.17, 15) is 18.0 Å². The summed E-state index contributed by atoms with van der Waals surface area (Å²) < 4.78 is 42.9. The van der Waals surface area contributed by atoms with E-state index in [0.717, 1.165) is 17.7 Å². The highest BCUT2D eigenvalue weighted by Gasteiger charge is 2.30. The Bertz CT molecular complexity index is 551. The van der Waals surface area contributed by atoms with Gasteiger partial charge in [0, 0.05) is 12.1 Å². The van der Waals surface area contributed by atoms with E-state index in [2.05, 4.69) is 10.6 Å². The molecule has 0 aliphatic heterocycles. The fourth-order valence-electron chi connectivity index (χ4n) is 2.18. The van der Waals surface area contributed by atoms with Crippen LogP contribution in [0.3, 0.4) is 0 Å². The van der Waals surface area contributed by atoms with E-state index in [4.69, 9.17) is 4.74 Å². The van der Waals surface area contributed by atoms with Crippen LogP contribution in [0.25, 0.3) is 0 Å². The molecule has 25 heavy (non-hydrogen) atoms. The second kappa shape index (κ2) is 8.56. The summed E-state index contributed by atoms with van der Waals surface area (Å²) in [5.41, 5.74) is -0.418. The molecular weight excluding hydrogens is 333 g/mol. The zero-order valence-electron chi connectivity index (χ0n) is 15.3. The average Bonchev–Trinajstić information content (AvgIpc) is 2.44. The minimum atomic E-state index is -4.32. The maximum absolute atomic E-state index is 12.6. The number of ether oxygens (including phenoxy) is 1. The molecular formula is C18H27F3N2O2. The van der Waals surface area contributed by atoms with Crippen molar-refractivity contribution >= 4 is 6.09 Å². The van der Waals surface area contributed by atoms with Crippen LogP contribution in [0.2, 0.25) is 0 Å². The zero-order chi connectivity index (χ0) is 19.3. The van der Waals surface area contributed by atoms with Crippen molar-refractivity contribution in [3.05, 3.63) is 35.4 Å². The van der Waals surface area contributed by atoms with E-state index in [0.29, 0.717) is 13.0 Å². The molecule has 2 atom stereocenters. The van der Waals surface area contributed by atoms with Gasteiger partial charge in [0.1, 0.15) is 5.60 Å². The van der Waals surface area contributed by atoms with Crippen molar-refractivity contribution in [2.24, 2.45) is 0 Å². The van der Waals surface area contributed by atoms with Gasteiger partial charge in [0.25, 0.3) is 0 Å². The van der Waals surface area contributed by atoms with E-state index in [1.165, 1.54) is 12.1 Å². The molecule has 0 saturated carbocycles. The van der Waals surface area contributed by atoms with Crippen molar-refractivity contribution in [3.8, 4) is 0 Å². The Labute approximate surface area is 147 Å². The number of benzene rings is 1. The number of carbonyl (C=O) groups is 1. The first-order chi connectivity index (χ1) is 11.4. The maximum atomic E-state index is 12.6. The minimum Gasteiger partial charge on any atom is -0.444 e. The molecule has 0 heterocycles. The van der Waals surface area contributed by atoms with Crippen LogP contribution in [0.1, 0.15) is 58.2 Å². The molecule has 1 aromatic carbocycles. The van der Waals surface area contributed by atoms with E-state index >= 15 is 0 Å². The number of rotatable bonds is 6. The number of amides is 1. The number of alkyl carbamates (subject to hydrolysis) is 1. The number of nitrogens with one attached hydrogen (secondary N) is 2. The Morgan fingerprint density at radius 2 is 1.68 bits per heavy atom. The van der Waals surface area contributed by atoms with Gasteiger partial charge in [-0.2, -0.15) is 13.2 Å². The predicted octanol–water partition coefficient (Wildman–Crippen LogP) is 4.66. The molecule has 1 aromatic rings. The molecule has 7 heteroatoms. The van der Waals surface area contributed by atoms with Gasteiger partial charge >= 0.3 is 12.3 Å². The summed E-state index contributed by atoms with van der Waals surface area (Å²) in [5.74, 6) is 0. The van der Waals surface area contributed by atoms with E-state index < -0.39 is 23.4 Å². The lowest BCUT2D eigenvalue weighted by Crippen LogP contribution is -2.39. The van der Waals surface area contributed by atoms with Crippen LogP contribution in [-0.2, 0) is 10.9 Å². The molecule has 0 aromatic heterocycles. The van der Waals surface area contributed by atoms with Crippen LogP contribution in [-0.4, -0.2) is 24.3 Å². The van der Waals surface area contributed by atoms with Crippen LogP contribution in [0.5, 0.6) is 0 Å². The second-order valence-electron chi connectivity index (χ2n) is 7.13. The first kappa shape index (κ1) is 21.3. The summed E-state index contributed by atoms with van der Waals surface area (Å²) in [7, 11) is 0. The van der Waals surface area contributed by atoms with Crippen molar-refractivity contribution in [1.82, 2.24) is 10.6 Å². The summed E-state index contributed by atoms with van der Waals surface area (Å²) in [6, 6.07) is 4.95. The minimum absolute atomic E-state index is 0.0813. The van der Waals surface area contributed by atoms with Crippen molar-refractivity contribution in [1.29, 1.82) is 0 Å². The standard InChI is InChI=1S/C18H27F3N2O2/c1-12(23-16(24)25-17(3,4)5)10-11-22-13(2)14-6-8-15(9-7-14)18(19,20)21/h6-9,12-13,22H,10-11H2,1-5H3,(H,23,24). The summed E-state index contributed by atoms with van der Waals surface area (Å²) in [5, 5.41) is 5.98. The van der Waals surface area contributed by atoms with Crippen molar-refractivity contribution in [2.75, 3.05) is 6.54 Å². The molecule has 0 aliphatic carbocycles. The third kappa shape index (κ3) is 8.25. The highest BCUT2D eigenvalue weighted by atomic mass is 19.4. The Balaban J connectivity index is 2.39. The Morgan fingerprint density at radius 1 is 1.12 bits per heavy atom. The Kier molecular flexibility index (Phi) is 7.29. The van der Waals surface area contributed by atoms with Crippen LogP contribution in [0, 0.1) is 0 Å². The number of hydrogen-bond acceptors (Lipinski definition) is 3. The number of alkyl halides is 3.